The topological polar surface area (TPSA) is 58.6 Å². The molecule has 2 aliphatic heterocycles. The molecule has 3 rings (SSSR count). The van der Waals surface area contributed by atoms with E-state index >= 15 is 0 Å². The Morgan fingerprint density at radius 1 is 1.10 bits per heavy atom. The molecule has 106 valence electrons. The highest BCUT2D eigenvalue weighted by Gasteiger charge is 2.45. The second-order valence-corrected chi connectivity index (χ2v) is 5.43. The van der Waals surface area contributed by atoms with Gasteiger partial charge in [0.15, 0.2) is 0 Å². The largest absolute Gasteiger partial charge is 0.378 e. The van der Waals surface area contributed by atoms with Crippen LogP contribution in [0.25, 0.3) is 0 Å². The van der Waals surface area contributed by atoms with Crippen molar-refractivity contribution in [2.75, 3.05) is 20.2 Å². The van der Waals surface area contributed by atoms with Crippen molar-refractivity contribution in [2.24, 2.45) is 0 Å². The number of nitrogens with zero attached hydrogens (tertiary/aromatic N) is 1. The Morgan fingerprint density at radius 2 is 1.65 bits per heavy atom. The monoisotopic (exact) mass is 274 g/mol. The number of amides is 2. The minimum Gasteiger partial charge on any atom is -0.378 e. The number of nitrogens with one attached hydrogen (secondary N) is 1. The van der Waals surface area contributed by atoms with Gasteiger partial charge in [-0.3, -0.25) is 14.5 Å². The summed E-state index contributed by atoms with van der Waals surface area (Å²) >= 11 is 0. The number of methoxy groups -OCH3 is 1. The predicted octanol–water partition coefficient (Wildman–Crippen LogP) is 0.886. The Labute approximate surface area is 117 Å². The summed E-state index contributed by atoms with van der Waals surface area (Å²) in [5, 5.41) is 3.18. The van der Waals surface area contributed by atoms with E-state index in [1.54, 1.807) is 7.11 Å². The van der Waals surface area contributed by atoms with Gasteiger partial charge in [-0.2, -0.15) is 0 Å². The van der Waals surface area contributed by atoms with Crippen LogP contribution in [-0.2, 0) is 4.74 Å². The zero-order chi connectivity index (χ0) is 14.4. The summed E-state index contributed by atoms with van der Waals surface area (Å²) in [4.78, 5) is 26.7. The van der Waals surface area contributed by atoms with Crippen molar-refractivity contribution < 1.29 is 14.3 Å². The molecule has 2 heterocycles. The van der Waals surface area contributed by atoms with Crippen LogP contribution < -0.4 is 5.32 Å². The Morgan fingerprint density at radius 3 is 2.15 bits per heavy atom. The van der Waals surface area contributed by atoms with Crippen LogP contribution in [0.3, 0.4) is 0 Å². The second kappa shape index (κ2) is 4.68. The summed E-state index contributed by atoms with van der Waals surface area (Å²) in [6, 6.07) is 3.55. The summed E-state index contributed by atoms with van der Waals surface area (Å²) in [5.41, 5.74) is 2.81. The summed E-state index contributed by atoms with van der Waals surface area (Å²) in [6.07, 6.45) is -0.141. The molecular formula is C15H18N2O3. The van der Waals surface area contributed by atoms with Crippen molar-refractivity contribution >= 4 is 11.8 Å². The normalized spacial score (nSPS) is 25.4. The Kier molecular flexibility index (Phi) is 3.11. The third kappa shape index (κ3) is 1.70. The quantitative estimate of drug-likeness (QED) is 0.814. The number of aryl methyl sites for hydroxylation is 2. The van der Waals surface area contributed by atoms with Crippen molar-refractivity contribution in [1.29, 1.82) is 0 Å². The average molecular weight is 274 g/mol. The maximum Gasteiger partial charge on any atom is 0.262 e. The number of carbonyl (C=O) groups excluding carboxylic acids is 2. The molecule has 20 heavy (non-hydrogen) atoms. The molecule has 1 aromatic carbocycles. The lowest BCUT2D eigenvalue weighted by atomic mass is 9.99. The predicted molar refractivity (Wildman–Crippen MR) is 73.9 cm³/mol. The third-order valence-electron chi connectivity index (χ3n) is 4.25. The first kappa shape index (κ1) is 13.3. The van der Waals surface area contributed by atoms with Gasteiger partial charge in [-0.05, 0) is 25.0 Å². The molecule has 2 atom stereocenters. The zero-order valence-corrected chi connectivity index (χ0v) is 11.9. The van der Waals surface area contributed by atoms with E-state index in [9.17, 15) is 9.59 Å². The Bertz CT molecular complexity index is 556. The molecule has 0 radical (unpaired) electrons. The first-order valence-corrected chi connectivity index (χ1v) is 6.78. The number of hydrogen-bond acceptors (Lipinski definition) is 4. The highest BCUT2D eigenvalue weighted by molar-refractivity contribution is 6.23. The van der Waals surface area contributed by atoms with Gasteiger partial charge in [0.1, 0.15) is 0 Å². The van der Waals surface area contributed by atoms with E-state index in [1.165, 1.54) is 4.90 Å². The van der Waals surface area contributed by atoms with E-state index in [4.69, 9.17) is 4.74 Å². The van der Waals surface area contributed by atoms with Crippen LogP contribution in [0.5, 0.6) is 0 Å². The molecule has 1 aromatic rings. The van der Waals surface area contributed by atoms with Crippen molar-refractivity contribution in [1.82, 2.24) is 10.2 Å². The molecule has 0 spiro atoms. The van der Waals surface area contributed by atoms with Gasteiger partial charge < -0.3 is 10.1 Å². The Balaban J connectivity index is 2.06. The maximum absolute atomic E-state index is 12.7. The molecule has 0 aliphatic carbocycles. The highest BCUT2D eigenvalue weighted by Crippen LogP contribution is 2.31. The van der Waals surface area contributed by atoms with Crippen LogP contribution >= 0.6 is 0 Å². The van der Waals surface area contributed by atoms with Crippen LogP contribution in [0.1, 0.15) is 31.8 Å². The van der Waals surface area contributed by atoms with E-state index in [1.807, 2.05) is 26.0 Å². The molecule has 0 bridgehead atoms. The van der Waals surface area contributed by atoms with Gasteiger partial charge in [0.2, 0.25) is 0 Å². The minimum atomic E-state index is -0.230. The molecule has 5 nitrogen and oxygen atoms in total. The fourth-order valence-corrected chi connectivity index (χ4v) is 3.14. The van der Waals surface area contributed by atoms with Gasteiger partial charge in [0, 0.05) is 20.2 Å². The second-order valence-electron chi connectivity index (χ2n) is 5.43. The van der Waals surface area contributed by atoms with E-state index in [0.717, 1.165) is 11.1 Å². The Hall–Kier alpha value is -1.72. The van der Waals surface area contributed by atoms with E-state index in [0.29, 0.717) is 24.2 Å². The first-order valence-electron chi connectivity index (χ1n) is 6.78. The lowest BCUT2D eigenvalue weighted by Gasteiger charge is -2.26. The van der Waals surface area contributed by atoms with E-state index in [-0.39, 0.29) is 24.0 Å². The molecule has 0 aromatic heterocycles. The van der Waals surface area contributed by atoms with Crippen molar-refractivity contribution in [2.45, 2.75) is 26.0 Å². The summed E-state index contributed by atoms with van der Waals surface area (Å²) in [5.74, 6) is -0.385. The van der Waals surface area contributed by atoms with Crippen molar-refractivity contribution in [3.8, 4) is 0 Å². The average Bonchev–Trinajstić information content (AvgIpc) is 2.97. The molecule has 2 amide bonds. The lowest BCUT2D eigenvalue weighted by molar-refractivity contribution is 0.0334. The number of ether oxygens (including phenoxy) is 1. The number of benzene rings is 1. The highest BCUT2D eigenvalue weighted by atomic mass is 16.5. The molecule has 0 saturated carbocycles. The molecule has 2 aliphatic rings. The molecule has 1 unspecified atom stereocenters. The van der Waals surface area contributed by atoms with Gasteiger partial charge in [-0.1, -0.05) is 12.1 Å². The van der Waals surface area contributed by atoms with E-state index in [2.05, 4.69) is 5.32 Å². The number of fused-ring (bicyclic) bond motifs is 1. The first-order chi connectivity index (χ1) is 9.56. The third-order valence-corrected chi connectivity index (χ3v) is 4.25. The van der Waals surface area contributed by atoms with Gasteiger partial charge in [0.05, 0.1) is 23.3 Å². The minimum absolute atomic E-state index is 0.141. The number of imide groups is 1. The molecule has 1 fully saturated rings. The number of hydrogen-bond donors (Lipinski definition) is 1. The molecule has 1 N–H and O–H groups in total. The van der Waals surface area contributed by atoms with Crippen LogP contribution in [-0.4, -0.2) is 49.1 Å². The summed E-state index contributed by atoms with van der Waals surface area (Å²) in [7, 11) is 1.61. The maximum atomic E-state index is 12.7. The molecule has 1 saturated heterocycles. The fraction of sp³-hybridized carbons (Fsp3) is 0.467. The molecular weight excluding hydrogens is 256 g/mol. The zero-order valence-electron chi connectivity index (χ0n) is 11.9. The van der Waals surface area contributed by atoms with E-state index < -0.39 is 0 Å². The van der Waals surface area contributed by atoms with Gasteiger partial charge in [-0.15, -0.1) is 0 Å². The summed E-state index contributed by atoms with van der Waals surface area (Å²) in [6.45, 7) is 4.98. The van der Waals surface area contributed by atoms with Crippen LogP contribution in [0.15, 0.2) is 12.1 Å². The smallest absolute Gasteiger partial charge is 0.262 e. The number of rotatable bonds is 2. The SMILES string of the molecule is CO[C@H]1CNCC1N1C(=O)c2c(C)ccc(C)c2C1=O. The van der Waals surface area contributed by atoms with Gasteiger partial charge in [-0.25, -0.2) is 0 Å². The number of carbonyl (C=O) groups is 2. The van der Waals surface area contributed by atoms with Crippen molar-refractivity contribution in [3.63, 3.8) is 0 Å². The fourth-order valence-electron chi connectivity index (χ4n) is 3.14. The van der Waals surface area contributed by atoms with Gasteiger partial charge >= 0.3 is 0 Å². The standard InChI is InChI=1S/C15H18N2O3/c1-8-4-5-9(2)13-12(8)14(18)17(15(13)19)10-6-16-7-11(10)20-3/h4-5,10-11,16H,6-7H2,1-3H3/t10?,11-/m0/s1. The molecule has 5 heteroatoms. The van der Waals surface area contributed by atoms with Crippen molar-refractivity contribution in [3.05, 3.63) is 34.4 Å². The van der Waals surface area contributed by atoms with Crippen LogP contribution in [0.2, 0.25) is 0 Å². The lowest BCUT2D eigenvalue weighted by Crippen LogP contribution is -2.47. The summed E-state index contributed by atoms with van der Waals surface area (Å²) < 4.78 is 5.38. The van der Waals surface area contributed by atoms with Gasteiger partial charge in [0.25, 0.3) is 11.8 Å². The van der Waals surface area contributed by atoms with Crippen LogP contribution in [0.4, 0.5) is 0 Å². The van der Waals surface area contributed by atoms with Crippen LogP contribution in [0, 0.1) is 13.8 Å².